The molecule has 102 valence electrons. The predicted octanol–water partition coefficient (Wildman–Crippen LogP) is 3.11. The minimum Gasteiger partial charge on any atom is -0.375 e. The zero-order valence-electron chi connectivity index (χ0n) is 12.0. The Bertz CT molecular complexity index is 579. The molecule has 0 saturated carbocycles. The molecule has 2 rings (SSSR count). The Morgan fingerprint density at radius 2 is 1.90 bits per heavy atom. The largest absolute Gasteiger partial charge is 0.375 e. The van der Waals surface area contributed by atoms with Gasteiger partial charge in [0.05, 0.1) is 0 Å². The van der Waals surface area contributed by atoms with E-state index in [-0.39, 0.29) is 0 Å². The maximum Gasteiger partial charge on any atom is 0.116 e. The Balaban J connectivity index is 2.04. The lowest BCUT2D eigenvalue weighted by molar-refractivity contribution is 0.767. The molecule has 0 amide bonds. The summed E-state index contributed by atoms with van der Waals surface area (Å²) in [7, 11) is 2.12. The van der Waals surface area contributed by atoms with Gasteiger partial charge in [0.2, 0.25) is 0 Å². The van der Waals surface area contributed by atoms with Crippen LogP contribution in [0.25, 0.3) is 0 Å². The lowest BCUT2D eigenvalue weighted by Crippen LogP contribution is -2.17. The third-order valence-corrected chi connectivity index (χ3v) is 3.07. The number of hydrogen-bond donors (Lipinski definition) is 0. The van der Waals surface area contributed by atoms with Gasteiger partial charge in [0.15, 0.2) is 0 Å². The monoisotopic (exact) mass is 265 g/mol. The van der Waals surface area contributed by atoms with Crippen molar-refractivity contribution in [2.45, 2.75) is 19.8 Å². The van der Waals surface area contributed by atoms with Crippen molar-refractivity contribution in [1.82, 2.24) is 9.97 Å². The molecular weight excluding hydrogens is 246 g/mol. The lowest BCUT2D eigenvalue weighted by Gasteiger charge is -2.18. The van der Waals surface area contributed by atoms with Crippen molar-refractivity contribution < 1.29 is 0 Å². The molecule has 1 aromatic heterocycles. The number of rotatable bonds is 4. The van der Waals surface area contributed by atoms with Gasteiger partial charge in [0, 0.05) is 31.0 Å². The van der Waals surface area contributed by atoms with Crippen molar-refractivity contribution in [3.8, 4) is 11.8 Å². The lowest BCUT2D eigenvalue weighted by atomic mass is 10.2. The highest BCUT2D eigenvalue weighted by atomic mass is 15.1. The molecule has 0 unspecified atom stereocenters. The predicted molar refractivity (Wildman–Crippen MR) is 82.6 cm³/mol. The fourth-order valence-corrected chi connectivity index (χ4v) is 1.82. The van der Waals surface area contributed by atoms with Gasteiger partial charge in [0.1, 0.15) is 12.0 Å². The van der Waals surface area contributed by atoms with Gasteiger partial charge in [-0.15, -0.1) is 0 Å². The minimum atomic E-state index is 0.740. The molecule has 20 heavy (non-hydrogen) atoms. The molecular formula is C17H19N3. The van der Waals surface area contributed by atoms with E-state index in [2.05, 4.69) is 52.8 Å². The van der Waals surface area contributed by atoms with Crippen molar-refractivity contribution >= 4 is 5.69 Å². The molecule has 0 radical (unpaired) electrons. The average molecular weight is 265 g/mol. The van der Waals surface area contributed by atoms with Gasteiger partial charge in [-0.2, -0.15) is 0 Å². The summed E-state index contributed by atoms with van der Waals surface area (Å²) in [5.41, 5.74) is 2.96. The van der Waals surface area contributed by atoms with Crippen LogP contribution in [0.15, 0.2) is 42.9 Å². The van der Waals surface area contributed by atoms with E-state index in [1.54, 1.807) is 12.3 Å². The number of nitrogens with zero attached hydrogens (tertiary/aromatic N) is 3. The van der Waals surface area contributed by atoms with Gasteiger partial charge in [-0.1, -0.05) is 19.3 Å². The third-order valence-electron chi connectivity index (χ3n) is 3.07. The van der Waals surface area contributed by atoms with Gasteiger partial charge in [-0.25, -0.2) is 9.97 Å². The second kappa shape index (κ2) is 7.30. The van der Waals surface area contributed by atoms with E-state index < -0.39 is 0 Å². The van der Waals surface area contributed by atoms with E-state index in [1.165, 1.54) is 24.9 Å². The zero-order chi connectivity index (χ0) is 14.2. The topological polar surface area (TPSA) is 29.0 Å². The molecule has 0 aliphatic heterocycles. The first-order chi connectivity index (χ1) is 9.79. The molecule has 3 heteroatoms. The van der Waals surface area contributed by atoms with Crippen molar-refractivity contribution in [2.75, 3.05) is 18.5 Å². The maximum atomic E-state index is 4.08. The molecule has 0 fully saturated rings. The first kappa shape index (κ1) is 14.1. The Morgan fingerprint density at radius 1 is 1.10 bits per heavy atom. The van der Waals surface area contributed by atoms with E-state index in [1.807, 2.05) is 12.1 Å². The summed E-state index contributed by atoms with van der Waals surface area (Å²) in [5.74, 6) is 6.14. The Morgan fingerprint density at radius 3 is 2.55 bits per heavy atom. The van der Waals surface area contributed by atoms with Crippen LogP contribution in [0.3, 0.4) is 0 Å². The number of benzene rings is 1. The van der Waals surface area contributed by atoms with Crippen LogP contribution >= 0.6 is 0 Å². The highest BCUT2D eigenvalue weighted by molar-refractivity contribution is 5.50. The third kappa shape index (κ3) is 4.10. The minimum absolute atomic E-state index is 0.740. The molecule has 0 aliphatic carbocycles. The number of unbranched alkanes of at least 4 members (excludes halogenated alkanes) is 1. The van der Waals surface area contributed by atoms with Crippen molar-refractivity contribution in [3.63, 3.8) is 0 Å². The fourth-order valence-electron chi connectivity index (χ4n) is 1.82. The Hall–Kier alpha value is -2.34. The zero-order valence-corrected chi connectivity index (χ0v) is 12.0. The van der Waals surface area contributed by atoms with Gasteiger partial charge >= 0.3 is 0 Å². The van der Waals surface area contributed by atoms with E-state index in [9.17, 15) is 0 Å². The van der Waals surface area contributed by atoms with Crippen LogP contribution in [0.5, 0.6) is 0 Å². The van der Waals surface area contributed by atoms with Crippen LogP contribution in [0.1, 0.15) is 31.0 Å². The molecule has 0 aliphatic rings. The quantitative estimate of drug-likeness (QED) is 0.795. The van der Waals surface area contributed by atoms with Gasteiger partial charge in [0.25, 0.3) is 0 Å². The van der Waals surface area contributed by atoms with E-state index in [0.29, 0.717) is 0 Å². The van der Waals surface area contributed by atoms with Crippen LogP contribution < -0.4 is 4.90 Å². The second-order valence-electron chi connectivity index (χ2n) is 4.67. The van der Waals surface area contributed by atoms with Crippen LogP contribution in [-0.4, -0.2) is 23.6 Å². The Labute approximate surface area is 120 Å². The van der Waals surface area contributed by atoms with Crippen LogP contribution in [0.2, 0.25) is 0 Å². The molecule has 0 atom stereocenters. The SMILES string of the molecule is CCCCN(C)c1ccc(C#Cc2ccncn2)cc1. The molecule has 3 nitrogen and oxygen atoms in total. The van der Waals surface area contributed by atoms with Crippen molar-refractivity contribution in [2.24, 2.45) is 0 Å². The van der Waals surface area contributed by atoms with Crippen LogP contribution in [-0.2, 0) is 0 Å². The van der Waals surface area contributed by atoms with Crippen molar-refractivity contribution in [3.05, 3.63) is 54.1 Å². The van der Waals surface area contributed by atoms with Gasteiger partial charge in [-0.3, -0.25) is 0 Å². The smallest absolute Gasteiger partial charge is 0.116 e. The first-order valence-corrected chi connectivity index (χ1v) is 6.89. The molecule has 1 aromatic carbocycles. The summed E-state index contributed by atoms with van der Waals surface area (Å²) in [4.78, 5) is 10.2. The highest BCUT2D eigenvalue weighted by Gasteiger charge is 1.99. The summed E-state index contributed by atoms with van der Waals surface area (Å²) in [5, 5.41) is 0. The molecule has 0 saturated heterocycles. The molecule has 0 bridgehead atoms. The average Bonchev–Trinajstić information content (AvgIpc) is 2.52. The normalized spacial score (nSPS) is 9.70. The summed E-state index contributed by atoms with van der Waals surface area (Å²) in [6.07, 6.45) is 5.64. The van der Waals surface area contributed by atoms with Gasteiger partial charge in [-0.05, 0) is 42.7 Å². The summed E-state index contributed by atoms with van der Waals surface area (Å²) in [6, 6.07) is 10.1. The number of hydrogen-bond acceptors (Lipinski definition) is 3. The summed E-state index contributed by atoms with van der Waals surface area (Å²) < 4.78 is 0. The molecule has 0 N–H and O–H groups in total. The fraction of sp³-hybridized carbons (Fsp3) is 0.294. The summed E-state index contributed by atoms with van der Waals surface area (Å²) in [6.45, 7) is 3.29. The number of anilines is 1. The van der Waals surface area contributed by atoms with E-state index in [4.69, 9.17) is 0 Å². The highest BCUT2D eigenvalue weighted by Crippen LogP contribution is 2.14. The standard InChI is InChI=1S/C17H19N3/c1-3-4-13-20(2)17-9-6-15(7-10-17)5-8-16-11-12-18-14-19-16/h6-7,9-12,14H,3-4,13H2,1-2H3. The number of aromatic nitrogens is 2. The van der Waals surface area contributed by atoms with Gasteiger partial charge < -0.3 is 4.90 Å². The van der Waals surface area contributed by atoms with Crippen LogP contribution in [0.4, 0.5) is 5.69 Å². The Kier molecular flexibility index (Phi) is 5.14. The second-order valence-corrected chi connectivity index (χ2v) is 4.67. The van der Waals surface area contributed by atoms with E-state index in [0.717, 1.165) is 17.8 Å². The molecule has 2 aromatic rings. The molecule has 1 heterocycles. The maximum absolute atomic E-state index is 4.08. The summed E-state index contributed by atoms with van der Waals surface area (Å²) >= 11 is 0. The van der Waals surface area contributed by atoms with Crippen LogP contribution in [0, 0.1) is 11.8 Å². The van der Waals surface area contributed by atoms with Crippen molar-refractivity contribution in [1.29, 1.82) is 0 Å². The van der Waals surface area contributed by atoms with E-state index >= 15 is 0 Å². The first-order valence-electron chi connectivity index (χ1n) is 6.89. The molecule has 0 spiro atoms.